The number of halogens is 1. The van der Waals surface area contributed by atoms with Gasteiger partial charge in [-0.3, -0.25) is 4.79 Å². The van der Waals surface area contributed by atoms with Crippen LogP contribution in [0.3, 0.4) is 0 Å². The number of hydrogen-bond acceptors (Lipinski definition) is 6. The Kier molecular flexibility index (Phi) is 10.8. The zero-order valence-corrected chi connectivity index (χ0v) is 27.8. The molecule has 3 aromatic rings. The Labute approximate surface area is 279 Å². The fraction of sp³-hybridized carbons (Fsp3) is 0.270. The van der Waals surface area contributed by atoms with Crippen molar-refractivity contribution >= 4 is 40.1 Å². The van der Waals surface area contributed by atoms with Crippen molar-refractivity contribution in [2.24, 2.45) is 0 Å². The first-order chi connectivity index (χ1) is 22.7. The molecule has 2 N–H and O–H groups in total. The fourth-order valence-electron chi connectivity index (χ4n) is 5.32. The Balaban J connectivity index is 1.32. The molecule has 0 radical (unpaired) electrons. The van der Waals surface area contributed by atoms with E-state index in [1.807, 2.05) is 98.3 Å². The number of nitrogens with one attached hydrogen (secondary N) is 1. The topological polar surface area (TPSA) is 104 Å². The third-order valence-electron chi connectivity index (χ3n) is 7.84. The number of alkyl halides is 1. The van der Waals surface area contributed by atoms with Crippen LogP contribution in [0.2, 0.25) is 0 Å². The van der Waals surface area contributed by atoms with Crippen LogP contribution < -0.4 is 24.9 Å². The van der Waals surface area contributed by atoms with Crippen LogP contribution in [0, 0.1) is 0 Å². The molecule has 10 heteroatoms. The molecule has 2 aliphatic rings. The Morgan fingerprint density at radius 1 is 0.915 bits per heavy atom. The first kappa shape index (κ1) is 33.5. The summed E-state index contributed by atoms with van der Waals surface area (Å²) in [6.07, 6.45) is 0.812. The van der Waals surface area contributed by atoms with E-state index in [4.69, 9.17) is 25.5 Å². The predicted molar refractivity (Wildman–Crippen MR) is 186 cm³/mol. The lowest BCUT2D eigenvalue weighted by molar-refractivity contribution is 0.0697. The number of rotatable bonds is 13. The molecule has 1 aliphatic heterocycles. The highest BCUT2D eigenvalue weighted by Gasteiger charge is 2.23. The molecule has 47 heavy (non-hydrogen) atoms. The van der Waals surface area contributed by atoms with Gasteiger partial charge in [-0.15, -0.1) is 11.6 Å². The van der Waals surface area contributed by atoms with Crippen molar-refractivity contribution in [1.29, 1.82) is 0 Å². The third kappa shape index (κ3) is 7.93. The Morgan fingerprint density at radius 2 is 1.68 bits per heavy atom. The molecule has 9 nitrogen and oxygen atoms in total. The lowest BCUT2D eigenvalue weighted by atomic mass is 9.89. The third-order valence-corrected chi connectivity index (χ3v) is 8.03. The summed E-state index contributed by atoms with van der Waals surface area (Å²) in [5, 5.41) is 14.9. The Bertz CT molecular complexity index is 1930. The molecule has 1 heterocycles. The monoisotopic (exact) mass is 656 g/mol. The van der Waals surface area contributed by atoms with Crippen molar-refractivity contribution in [3.05, 3.63) is 101 Å². The molecule has 0 bridgehead atoms. The Hall–Kier alpha value is -4.86. The van der Waals surface area contributed by atoms with Crippen LogP contribution in [0.1, 0.15) is 26.3 Å². The van der Waals surface area contributed by atoms with Crippen LogP contribution in [0.4, 0.5) is 5.69 Å². The zero-order chi connectivity index (χ0) is 33.5. The van der Waals surface area contributed by atoms with E-state index < -0.39 is 5.97 Å². The summed E-state index contributed by atoms with van der Waals surface area (Å²) in [4.78, 5) is 27.6. The van der Waals surface area contributed by atoms with Gasteiger partial charge < -0.3 is 29.2 Å². The number of hydrogen-bond donors (Lipinski definition) is 2. The van der Waals surface area contributed by atoms with E-state index in [1.165, 1.54) is 6.07 Å². The average molecular weight is 657 g/mol. The van der Waals surface area contributed by atoms with Crippen LogP contribution in [0.15, 0.2) is 83.3 Å². The van der Waals surface area contributed by atoms with Gasteiger partial charge in [0.1, 0.15) is 37.8 Å². The molecule has 0 saturated carbocycles. The average Bonchev–Trinajstić information content (AvgIpc) is 3.06. The van der Waals surface area contributed by atoms with Gasteiger partial charge in [0.2, 0.25) is 5.36 Å². The standard InChI is InChI=1S/C37H38ClN3O6/c1-40(2)26-8-13-30-33(22-26)47-34-23-27(41(3)4)9-14-31(34)35(30)29-12-7-25(21-32(29)37(43)44)36(42)39-17-18-45-19-20-46-28-10-5-24(6-11-28)15-16-38/h5-14,21-23H,15-20H2,1-4H3,(H-,39,42,43,44)/p+1. The molecule has 0 saturated heterocycles. The van der Waals surface area contributed by atoms with Crippen molar-refractivity contribution < 1.29 is 28.6 Å². The quantitative estimate of drug-likeness (QED) is 0.0735. The number of aromatic carboxylic acids is 1. The van der Waals surface area contributed by atoms with Crippen molar-refractivity contribution in [2.75, 3.05) is 65.3 Å². The molecular formula is C37H39ClN3O6+. The molecule has 0 spiro atoms. The van der Waals surface area contributed by atoms with Gasteiger partial charge in [-0.2, -0.15) is 0 Å². The minimum Gasteiger partial charge on any atom is -0.491 e. The number of fused-ring (bicyclic) bond motifs is 2. The molecule has 0 fully saturated rings. The summed E-state index contributed by atoms with van der Waals surface area (Å²) in [5.74, 6) is 0.425. The van der Waals surface area contributed by atoms with E-state index in [9.17, 15) is 14.7 Å². The van der Waals surface area contributed by atoms with E-state index in [0.29, 0.717) is 36.0 Å². The Morgan fingerprint density at radius 3 is 2.38 bits per heavy atom. The van der Waals surface area contributed by atoms with Gasteiger partial charge in [-0.05, 0) is 60.0 Å². The summed E-state index contributed by atoms with van der Waals surface area (Å²) in [6.45, 7) is 1.26. The number of carbonyl (C=O) groups is 2. The molecule has 5 rings (SSSR count). The first-order valence-electron chi connectivity index (χ1n) is 15.4. The predicted octanol–water partition coefficient (Wildman–Crippen LogP) is 5.61. The second kappa shape index (κ2) is 15.2. The van der Waals surface area contributed by atoms with Crippen LogP contribution in [0.5, 0.6) is 5.75 Å². The number of aryl methyl sites for hydroxylation is 1. The highest BCUT2D eigenvalue weighted by atomic mass is 35.5. The van der Waals surface area contributed by atoms with Crippen molar-refractivity contribution in [3.63, 3.8) is 0 Å². The smallest absolute Gasteiger partial charge is 0.336 e. The molecule has 3 aromatic carbocycles. The van der Waals surface area contributed by atoms with Crippen molar-refractivity contribution in [1.82, 2.24) is 9.89 Å². The lowest BCUT2D eigenvalue weighted by Gasteiger charge is -2.19. The second-order valence-electron chi connectivity index (χ2n) is 11.5. The SMILES string of the molecule is CN(C)c1ccc2c(-c3ccc(C(=O)NCCOCCOc4ccc(CCCl)cc4)cc3C(=O)O)c3ccc(=[N+](C)C)cc-3oc2c1. The summed E-state index contributed by atoms with van der Waals surface area (Å²) < 4.78 is 19.7. The summed E-state index contributed by atoms with van der Waals surface area (Å²) in [5.41, 5.74) is 4.97. The first-order valence-corrected chi connectivity index (χ1v) is 15.9. The maximum absolute atomic E-state index is 13.0. The number of anilines is 1. The number of carboxylic acids is 1. The fourth-order valence-corrected chi connectivity index (χ4v) is 5.53. The molecule has 0 aromatic heterocycles. The highest BCUT2D eigenvalue weighted by molar-refractivity contribution is 6.18. The van der Waals surface area contributed by atoms with Gasteiger partial charge in [0.05, 0.1) is 24.8 Å². The van der Waals surface area contributed by atoms with E-state index >= 15 is 0 Å². The highest BCUT2D eigenvalue weighted by Crippen LogP contribution is 2.42. The minimum absolute atomic E-state index is 0.0175. The minimum atomic E-state index is -1.14. The molecule has 244 valence electrons. The number of carboxylic acid groups (broad SMARTS) is 1. The number of ether oxygens (including phenoxy) is 2. The van der Waals surface area contributed by atoms with E-state index in [0.717, 1.165) is 45.3 Å². The summed E-state index contributed by atoms with van der Waals surface area (Å²) >= 11 is 5.78. The van der Waals surface area contributed by atoms with E-state index in [1.54, 1.807) is 12.1 Å². The summed E-state index contributed by atoms with van der Waals surface area (Å²) in [7, 11) is 7.80. The second-order valence-corrected chi connectivity index (χ2v) is 11.9. The van der Waals surface area contributed by atoms with E-state index in [-0.39, 0.29) is 30.2 Å². The van der Waals surface area contributed by atoms with Crippen LogP contribution in [-0.2, 0) is 11.2 Å². The number of amides is 1. The maximum atomic E-state index is 13.0. The van der Waals surface area contributed by atoms with E-state index in [2.05, 4.69) is 5.32 Å². The number of carbonyl (C=O) groups excluding carboxylic acids is 1. The van der Waals surface area contributed by atoms with Gasteiger partial charge in [-0.25, -0.2) is 9.37 Å². The molecule has 0 unspecified atom stereocenters. The van der Waals surface area contributed by atoms with Crippen LogP contribution in [-0.4, -0.2) is 77.4 Å². The van der Waals surface area contributed by atoms with Gasteiger partial charge >= 0.3 is 5.97 Å². The zero-order valence-electron chi connectivity index (χ0n) is 27.0. The molecule has 0 atom stereocenters. The molecule has 1 amide bonds. The van der Waals surface area contributed by atoms with Gasteiger partial charge in [0.25, 0.3) is 5.91 Å². The molecular weight excluding hydrogens is 618 g/mol. The van der Waals surface area contributed by atoms with Crippen molar-refractivity contribution in [2.45, 2.75) is 6.42 Å². The normalized spacial score (nSPS) is 11.1. The van der Waals surface area contributed by atoms with Crippen LogP contribution in [0.25, 0.3) is 33.4 Å². The van der Waals surface area contributed by atoms with Crippen molar-refractivity contribution in [3.8, 4) is 28.2 Å². The molecule has 1 aliphatic carbocycles. The van der Waals surface area contributed by atoms with Crippen LogP contribution >= 0.6 is 11.6 Å². The lowest BCUT2D eigenvalue weighted by Crippen LogP contribution is -2.28. The van der Waals surface area contributed by atoms with Gasteiger partial charge in [0, 0.05) is 66.4 Å². The maximum Gasteiger partial charge on any atom is 0.336 e. The van der Waals surface area contributed by atoms with Gasteiger partial charge in [-0.1, -0.05) is 18.2 Å². The largest absolute Gasteiger partial charge is 0.491 e. The number of nitrogens with zero attached hydrogens (tertiary/aromatic N) is 2. The number of benzene rings is 4. The van der Waals surface area contributed by atoms with Gasteiger partial charge in [0.15, 0.2) is 0 Å². The summed E-state index contributed by atoms with van der Waals surface area (Å²) in [6, 6.07) is 24.2.